The van der Waals surface area contributed by atoms with Crippen LogP contribution in [0.1, 0.15) is 40.0 Å². The summed E-state index contributed by atoms with van der Waals surface area (Å²) >= 11 is 6.13. The van der Waals surface area contributed by atoms with E-state index in [2.05, 4.69) is 4.98 Å². The summed E-state index contributed by atoms with van der Waals surface area (Å²) in [6, 6.07) is 25.8. The van der Waals surface area contributed by atoms with Crippen LogP contribution >= 0.6 is 11.6 Å². The van der Waals surface area contributed by atoms with Crippen LogP contribution < -0.4 is 0 Å². The zero-order chi connectivity index (χ0) is 25.1. The van der Waals surface area contributed by atoms with E-state index < -0.39 is 9.84 Å². The third kappa shape index (κ3) is 5.53. The van der Waals surface area contributed by atoms with Crippen LogP contribution in [0.3, 0.4) is 0 Å². The van der Waals surface area contributed by atoms with Gasteiger partial charge in [0.05, 0.1) is 30.7 Å². The number of imidazole rings is 1. The first-order valence-corrected chi connectivity index (χ1v) is 13.9. The molecule has 0 saturated heterocycles. The summed E-state index contributed by atoms with van der Waals surface area (Å²) < 4.78 is 28.7. The number of carbonyl (C=O) groups is 1. The minimum absolute atomic E-state index is 0.0103. The van der Waals surface area contributed by atoms with E-state index >= 15 is 0 Å². The average Bonchev–Trinajstić information content (AvgIpc) is 3.64. The Bertz CT molecular complexity index is 1470. The minimum atomic E-state index is -3.73. The Morgan fingerprint density at radius 1 is 0.944 bits per heavy atom. The second kappa shape index (κ2) is 10.3. The van der Waals surface area contributed by atoms with Crippen LogP contribution in [0.25, 0.3) is 0 Å². The van der Waals surface area contributed by atoms with E-state index in [1.807, 2.05) is 48.5 Å². The van der Waals surface area contributed by atoms with E-state index in [-0.39, 0.29) is 29.4 Å². The van der Waals surface area contributed by atoms with Crippen LogP contribution in [0.2, 0.25) is 5.02 Å². The van der Waals surface area contributed by atoms with E-state index in [0.29, 0.717) is 28.4 Å². The number of amides is 1. The van der Waals surface area contributed by atoms with E-state index in [9.17, 15) is 13.2 Å². The fourth-order valence-corrected chi connectivity index (χ4v) is 5.96. The van der Waals surface area contributed by atoms with Gasteiger partial charge in [-0.1, -0.05) is 78.3 Å². The Morgan fingerprint density at radius 2 is 1.61 bits per heavy atom. The summed E-state index contributed by atoms with van der Waals surface area (Å²) in [6.45, 7) is 0.597. The van der Waals surface area contributed by atoms with Crippen molar-refractivity contribution in [1.29, 1.82) is 0 Å². The third-order valence-electron chi connectivity index (χ3n) is 6.22. The average molecular weight is 520 g/mol. The van der Waals surface area contributed by atoms with Gasteiger partial charge in [-0.2, -0.15) is 0 Å². The van der Waals surface area contributed by atoms with Crippen molar-refractivity contribution in [2.75, 3.05) is 0 Å². The van der Waals surface area contributed by atoms with Gasteiger partial charge >= 0.3 is 0 Å². The van der Waals surface area contributed by atoms with Gasteiger partial charge in [-0.25, -0.2) is 13.4 Å². The predicted octanol–water partition coefficient (Wildman–Crippen LogP) is 5.36. The van der Waals surface area contributed by atoms with Crippen molar-refractivity contribution in [3.63, 3.8) is 0 Å². The minimum Gasteiger partial charge on any atom is -0.330 e. The second-order valence-corrected chi connectivity index (χ2v) is 11.3. The molecule has 1 aliphatic rings. The highest BCUT2D eigenvalue weighted by molar-refractivity contribution is 7.90. The number of halogens is 1. The van der Waals surface area contributed by atoms with Crippen molar-refractivity contribution in [2.24, 2.45) is 0 Å². The molecule has 0 atom stereocenters. The normalized spacial score (nSPS) is 13.5. The second-order valence-electron chi connectivity index (χ2n) is 9.02. The summed E-state index contributed by atoms with van der Waals surface area (Å²) in [5.41, 5.74) is 2.84. The molecule has 1 aromatic heterocycles. The van der Waals surface area contributed by atoms with Gasteiger partial charge in [0.25, 0.3) is 5.91 Å². The number of hydrogen-bond donors (Lipinski definition) is 0. The molecule has 184 valence electrons. The largest absolute Gasteiger partial charge is 0.330 e. The molecule has 8 heteroatoms. The summed E-state index contributed by atoms with van der Waals surface area (Å²) in [5, 5.41) is 0.510. The maximum atomic E-state index is 13.5. The molecule has 0 spiro atoms. The molecular formula is C28H26ClN3O3S. The molecule has 1 aliphatic carbocycles. The molecule has 0 N–H and O–H groups in total. The lowest BCUT2D eigenvalue weighted by molar-refractivity contribution is 0.0725. The highest BCUT2D eigenvalue weighted by Gasteiger charge is 2.35. The highest BCUT2D eigenvalue weighted by atomic mass is 35.5. The smallest absolute Gasteiger partial charge is 0.254 e. The number of hydrogen-bond acceptors (Lipinski definition) is 4. The molecule has 0 unspecified atom stereocenters. The lowest BCUT2D eigenvalue weighted by atomic mass is 10.2. The van der Waals surface area contributed by atoms with E-state index in [4.69, 9.17) is 11.6 Å². The van der Waals surface area contributed by atoms with Crippen LogP contribution in [0, 0.1) is 0 Å². The quantitative estimate of drug-likeness (QED) is 0.298. The standard InChI is InChI=1S/C28H26ClN3O3S/c29-24-13-7-12-23(16-24)27(33)31(25-14-15-25)19-26-17-30-28(32(26)18-21-8-3-1-4-9-21)36(34,35)20-22-10-5-2-6-11-22/h1-13,16-17,25H,14-15,18-20H2. The summed E-state index contributed by atoms with van der Waals surface area (Å²) in [4.78, 5) is 19.6. The predicted molar refractivity (Wildman–Crippen MR) is 139 cm³/mol. The third-order valence-corrected chi connectivity index (χ3v) is 8.05. The van der Waals surface area contributed by atoms with Crippen molar-refractivity contribution in [1.82, 2.24) is 14.5 Å². The van der Waals surface area contributed by atoms with Crippen LogP contribution in [0.4, 0.5) is 0 Å². The zero-order valence-corrected chi connectivity index (χ0v) is 21.2. The highest BCUT2D eigenvalue weighted by Crippen LogP contribution is 2.31. The van der Waals surface area contributed by atoms with Gasteiger partial charge in [0.15, 0.2) is 0 Å². The van der Waals surface area contributed by atoms with Gasteiger partial charge < -0.3 is 9.47 Å². The molecule has 1 fully saturated rings. The Kier molecular flexibility index (Phi) is 6.94. The first-order chi connectivity index (χ1) is 17.4. The van der Waals surface area contributed by atoms with E-state index in [0.717, 1.165) is 18.4 Å². The zero-order valence-electron chi connectivity index (χ0n) is 19.6. The fraction of sp³-hybridized carbons (Fsp3) is 0.214. The first kappa shape index (κ1) is 24.3. The van der Waals surface area contributed by atoms with Crippen molar-refractivity contribution in [3.8, 4) is 0 Å². The van der Waals surface area contributed by atoms with Gasteiger partial charge in [-0.05, 0) is 42.2 Å². The fourth-order valence-electron chi connectivity index (χ4n) is 4.27. The number of sulfone groups is 1. The number of rotatable bonds is 9. The molecule has 6 nitrogen and oxygen atoms in total. The Hall–Kier alpha value is -3.42. The maximum absolute atomic E-state index is 13.5. The van der Waals surface area contributed by atoms with Gasteiger partial charge in [-0.3, -0.25) is 4.79 Å². The lowest BCUT2D eigenvalue weighted by Crippen LogP contribution is -2.33. The molecule has 0 radical (unpaired) electrons. The molecule has 1 amide bonds. The van der Waals surface area contributed by atoms with Gasteiger partial charge in [0.1, 0.15) is 0 Å². The van der Waals surface area contributed by atoms with Crippen molar-refractivity contribution in [2.45, 2.75) is 42.9 Å². The number of benzene rings is 3. The Labute approximate surface area is 216 Å². The van der Waals surface area contributed by atoms with Gasteiger partial charge in [0.2, 0.25) is 15.0 Å². The molecule has 36 heavy (non-hydrogen) atoms. The van der Waals surface area contributed by atoms with Crippen LogP contribution in [-0.4, -0.2) is 34.8 Å². The lowest BCUT2D eigenvalue weighted by Gasteiger charge is -2.24. The molecule has 1 saturated carbocycles. The number of carbonyl (C=O) groups excluding carboxylic acids is 1. The molecule has 0 bridgehead atoms. The van der Waals surface area contributed by atoms with Crippen molar-refractivity contribution >= 4 is 27.3 Å². The monoisotopic (exact) mass is 519 g/mol. The van der Waals surface area contributed by atoms with Crippen molar-refractivity contribution < 1.29 is 13.2 Å². The van der Waals surface area contributed by atoms with E-state index in [1.165, 1.54) is 0 Å². The Balaban J connectivity index is 1.50. The summed E-state index contributed by atoms with van der Waals surface area (Å²) in [5.74, 6) is -0.270. The van der Waals surface area contributed by atoms with Gasteiger partial charge in [-0.15, -0.1) is 0 Å². The topological polar surface area (TPSA) is 72.3 Å². The Morgan fingerprint density at radius 3 is 2.25 bits per heavy atom. The maximum Gasteiger partial charge on any atom is 0.254 e. The van der Waals surface area contributed by atoms with E-state index in [1.54, 1.807) is 52.1 Å². The molecule has 4 aromatic rings. The molecule has 1 heterocycles. The molecular weight excluding hydrogens is 494 g/mol. The van der Waals surface area contributed by atoms with Crippen LogP contribution in [0.5, 0.6) is 0 Å². The molecule has 5 rings (SSSR count). The van der Waals surface area contributed by atoms with Crippen molar-refractivity contribution in [3.05, 3.63) is 119 Å². The molecule has 0 aliphatic heterocycles. The number of nitrogens with zero attached hydrogens (tertiary/aromatic N) is 3. The summed E-state index contributed by atoms with van der Waals surface area (Å²) in [6.07, 6.45) is 3.41. The molecule has 3 aromatic carbocycles. The number of aromatic nitrogens is 2. The van der Waals surface area contributed by atoms with Gasteiger partial charge in [0, 0.05) is 16.6 Å². The summed E-state index contributed by atoms with van der Waals surface area (Å²) in [7, 11) is -3.73. The SMILES string of the molecule is O=C(c1cccc(Cl)c1)N(Cc1cnc(S(=O)(=O)Cc2ccccc2)n1Cc1ccccc1)C1CC1. The first-order valence-electron chi connectivity index (χ1n) is 11.8. The van der Waals surface area contributed by atoms with Crippen LogP contribution in [-0.2, 0) is 28.7 Å². The van der Waals surface area contributed by atoms with Crippen LogP contribution in [0.15, 0.2) is 96.3 Å².